The second kappa shape index (κ2) is 6.57. The Bertz CT molecular complexity index is 693. The highest BCUT2D eigenvalue weighted by atomic mass is 32.2. The van der Waals surface area contributed by atoms with Crippen LogP contribution in [-0.2, 0) is 6.42 Å². The van der Waals surface area contributed by atoms with Gasteiger partial charge in [-0.05, 0) is 47.3 Å². The van der Waals surface area contributed by atoms with Crippen LogP contribution in [0.1, 0.15) is 16.7 Å². The number of thioether (sulfide) groups is 1. The second-order valence-corrected chi connectivity index (χ2v) is 5.80. The van der Waals surface area contributed by atoms with E-state index in [1.54, 1.807) is 17.8 Å². The molecule has 0 heterocycles. The predicted octanol–water partition coefficient (Wildman–Crippen LogP) is 5.17. The summed E-state index contributed by atoms with van der Waals surface area (Å²) in [5, 5.41) is 7.18. The summed E-state index contributed by atoms with van der Waals surface area (Å²) in [4.78, 5) is 0. The van der Waals surface area contributed by atoms with E-state index in [-0.39, 0.29) is 5.56 Å². The molecule has 116 valence electrons. The van der Waals surface area contributed by atoms with Crippen molar-refractivity contribution in [2.75, 3.05) is 12.5 Å². The van der Waals surface area contributed by atoms with E-state index >= 15 is 0 Å². The predicted molar refractivity (Wildman–Crippen MR) is 87.0 cm³/mol. The summed E-state index contributed by atoms with van der Waals surface area (Å²) in [6, 6.07) is 12.3. The molecule has 0 amide bonds. The van der Waals surface area contributed by atoms with Crippen LogP contribution >= 0.6 is 11.8 Å². The van der Waals surface area contributed by atoms with Crippen molar-refractivity contribution in [1.82, 2.24) is 0 Å². The smallest absolute Gasteiger partial charge is 0.296 e. The molecule has 3 rings (SSSR count). The maximum absolute atomic E-state index is 12.5. The topological polar surface area (TPSA) is 23.9 Å². The van der Waals surface area contributed by atoms with E-state index < -0.39 is 11.9 Å². The van der Waals surface area contributed by atoms with E-state index in [9.17, 15) is 13.2 Å². The normalized spacial score (nSPS) is 12.0. The van der Waals surface area contributed by atoms with Gasteiger partial charge in [0.05, 0.1) is 0 Å². The Morgan fingerprint density at radius 2 is 1.59 bits per heavy atom. The van der Waals surface area contributed by atoms with Crippen molar-refractivity contribution in [1.29, 1.82) is 5.41 Å². The number of halogens is 3. The molecular weight excluding hydrogens is 307 g/mol. The zero-order chi connectivity index (χ0) is 16.3. The molecule has 0 atom stereocenters. The van der Waals surface area contributed by atoms with Gasteiger partial charge in [-0.3, -0.25) is 5.41 Å². The van der Waals surface area contributed by atoms with Gasteiger partial charge in [-0.2, -0.15) is 24.9 Å². The number of hydrogen-bond acceptors (Lipinski definition) is 2. The minimum atomic E-state index is -4.60. The summed E-state index contributed by atoms with van der Waals surface area (Å²) in [5.41, 5.74) is 2.66. The maximum atomic E-state index is 12.5. The molecular formula is C17H16F3NS. The van der Waals surface area contributed by atoms with Gasteiger partial charge in [-0.25, -0.2) is 0 Å². The number of nitrogens with one attached hydrogen (secondary N) is 1. The molecule has 1 aliphatic rings. The van der Waals surface area contributed by atoms with Gasteiger partial charge in [0.2, 0.25) is 0 Å². The molecule has 0 radical (unpaired) electrons. The highest BCUT2D eigenvalue weighted by molar-refractivity contribution is 7.97. The maximum Gasteiger partial charge on any atom is 0.433 e. The third kappa shape index (κ3) is 3.35. The molecule has 0 saturated heterocycles. The SMILES string of the molecule is CSC.N=C(c1ccc2c(c1)Cc1ccccc1-2)C(F)(F)F. The Balaban J connectivity index is 0.000000545. The van der Waals surface area contributed by atoms with Gasteiger partial charge in [0.25, 0.3) is 0 Å². The minimum Gasteiger partial charge on any atom is -0.296 e. The van der Waals surface area contributed by atoms with E-state index in [2.05, 4.69) is 0 Å². The number of rotatable bonds is 1. The first-order valence-electron chi connectivity index (χ1n) is 6.66. The number of fused-ring (bicyclic) bond motifs is 3. The Morgan fingerprint density at radius 1 is 1.00 bits per heavy atom. The molecule has 0 aromatic heterocycles. The van der Waals surface area contributed by atoms with Gasteiger partial charge in [-0.15, -0.1) is 0 Å². The lowest BCUT2D eigenvalue weighted by molar-refractivity contribution is -0.0587. The second-order valence-electron chi connectivity index (χ2n) is 4.99. The average Bonchev–Trinajstić information content (AvgIpc) is 2.83. The van der Waals surface area contributed by atoms with Crippen LogP contribution in [0.5, 0.6) is 0 Å². The molecule has 2 aromatic rings. The Labute approximate surface area is 132 Å². The summed E-state index contributed by atoms with van der Waals surface area (Å²) in [7, 11) is 0. The van der Waals surface area contributed by atoms with Crippen LogP contribution in [0.3, 0.4) is 0 Å². The quantitative estimate of drug-likeness (QED) is 0.614. The van der Waals surface area contributed by atoms with Crippen LogP contribution in [0, 0.1) is 5.41 Å². The van der Waals surface area contributed by atoms with Crippen molar-refractivity contribution >= 4 is 17.5 Å². The molecule has 1 aliphatic carbocycles. The molecule has 0 bridgehead atoms. The van der Waals surface area contributed by atoms with Gasteiger partial charge in [0, 0.05) is 5.56 Å². The van der Waals surface area contributed by atoms with E-state index in [0.717, 1.165) is 22.3 Å². The summed E-state index contributed by atoms with van der Waals surface area (Å²) in [6.07, 6.45) is 0.115. The molecule has 0 unspecified atom stereocenters. The van der Waals surface area contributed by atoms with E-state index in [0.29, 0.717) is 6.42 Å². The molecule has 2 aromatic carbocycles. The van der Waals surface area contributed by atoms with Crippen molar-refractivity contribution in [3.05, 3.63) is 59.2 Å². The molecule has 1 N–H and O–H groups in total. The summed E-state index contributed by atoms with van der Waals surface area (Å²) in [6.45, 7) is 0. The summed E-state index contributed by atoms with van der Waals surface area (Å²) in [5.74, 6) is 0. The van der Waals surface area contributed by atoms with E-state index in [1.807, 2.05) is 36.8 Å². The third-order valence-corrected chi connectivity index (χ3v) is 3.37. The lowest BCUT2D eigenvalue weighted by Gasteiger charge is -2.09. The fraction of sp³-hybridized carbons (Fsp3) is 0.235. The van der Waals surface area contributed by atoms with Gasteiger partial charge < -0.3 is 0 Å². The molecule has 0 spiro atoms. The summed E-state index contributed by atoms with van der Waals surface area (Å²) < 4.78 is 37.6. The average molecular weight is 323 g/mol. The van der Waals surface area contributed by atoms with Gasteiger partial charge in [0.15, 0.2) is 0 Å². The molecule has 5 heteroatoms. The van der Waals surface area contributed by atoms with Crippen LogP contribution in [0.15, 0.2) is 42.5 Å². The first-order chi connectivity index (χ1) is 10.4. The number of alkyl halides is 3. The minimum absolute atomic E-state index is 0.0703. The van der Waals surface area contributed by atoms with Gasteiger partial charge >= 0.3 is 6.18 Å². The fourth-order valence-corrected chi connectivity index (χ4v) is 2.46. The third-order valence-electron chi connectivity index (χ3n) is 3.37. The van der Waals surface area contributed by atoms with Crippen LogP contribution in [0.2, 0.25) is 0 Å². The van der Waals surface area contributed by atoms with Crippen LogP contribution in [0.4, 0.5) is 13.2 Å². The molecule has 0 saturated carbocycles. The van der Waals surface area contributed by atoms with Crippen LogP contribution in [0.25, 0.3) is 11.1 Å². The van der Waals surface area contributed by atoms with Gasteiger partial charge in [-0.1, -0.05) is 36.4 Å². The lowest BCUT2D eigenvalue weighted by Crippen LogP contribution is -2.22. The zero-order valence-electron chi connectivity index (χ0n) is 12.3. The first-order valence-corrected chi connectivity index (χ1v) is 8.29. The standard InChI is InChI=1S/C15H10F3N.C2H6S/c16-15(17,18)14(19)10-5-6-13-11(8-10)7-9-3-1-2-4-12(9)13;1-3-2/h1-6,8,19H,7H2;1-2H3. The summed E-state index contributed by atoms with van der Waals surface area (Å²) >= 11 is 1.75. The van der Waals surface area contributed by atoms with Gasteiger partial charge in [0.1, 0.15) is 5.71 Å². The fourth-order valence-electron chi connectivity index (χ4n) is 2.46. The Morgan fingerprint density at radius 3 is 2.23 bits per heavy atom. The van der Waals surface area contributed by atoms with Crippen LogP contribution in [-0.4, -0.2) is 24.4 Å². The van der Waals surface area contributed by atoms with Crippen molar-refractivity contribution in [2.45, 2.75) is 12.6 Å². The highest BCUT2D eigenvalue weighted by Crippen LogP contribution is 2.37. The highest BCUT2D eigenvalue weighted by Gasteiger charge is 2.35. The lowest BCUT2D eigenvalue weighted by atomic mass is 10.0. The van der Waals surface area contributed by atoms with Crippen molar-refractivity contribution in [3.8, 4) is 11.1 Å². The molecule has 0 fully saturated rings. The zero-order valence-corrected chi connectivity index (χ0v) is 13.1. The Hall–Kier alpha value is -1.75. The molecule has 0 aliphatic heterocycles. The van der Waals surface area contributed by atoms with E-state index in [4.69, 9.17) is 5.41 Å². The Kier molecular flexibility index (Phi) is 4.96. The first kappa shape index (κ1) is 16.6. The van der Waals surface area contributed by atoms with Crippen molar-refractivity contribution < 1.29 is 13.2 Å². The number of benzene rings is 2. The van der Waals surface area contributed by atoms with Crippen molar-refractivity contribution in [2.24, 2.45) is 0 Å². The monoisotopic (exact) mass is 323 g/mol. The largest absolute Gasteiger partial charge is 0.433 e. The van der Waals surface area contributed by atoms with E-state index in [1.165, 1.54) is 12.1 Å². The molecule has 22 heavy (non-hydrogen) atoms. The van der Waals surface area contributed by atoms with Crippen LogP contribution < -0.4 is 0 Å². The molecule has 1 nitrogen and oxygen atoms in total. The number of hydrogen-bond donors (Lipinski definition) is 1. The van der Waals surface area contributed by atoms with Crippen molar-refractivity contribution in [3.63, 3.8) is 0 Å².